The van der Waals surface area contributed by atoms with Gasteiger partial charge in [-0.2, -0.15) is 0 Å². The summed E-state index contributed by atoms with van der Waals surface area (Å²) in [4.78, 5) is 0. The Kier molecular flexibility index (Phi) is 7.81. The summed E-state index contributed by atoms with van der Waals surface area (Å²) in [5.74, 6) is 0. The van der Waals surface area contributed by atoms with E-state index in [1.165, 1.54) is 25.7 Å². The summed E-state index contributed by atoms with van der Waals surface area (Å²) in [5, 5.41) is 3.50. The largest absolute Gasteiger partial charge is 0.379 e. The maximum Gasteiger partial charge on any atom is 0.0830 e. The fourth-order valence-corrected chi connectivity index (χ4v) is 1.94. The molecule has 2 atom stereocenters. The molecule has 1 saturated heterocycles. The Labute approximate surface area is 99.9 Å². The highest BCUT2D eigenvalue weighted by molar-refractivity contribution is 4.63. The smallest absolute Gasteiger partial charge is 0.0830 e. The summed E-state index contributed by atoms with van der Waals surface area (Å²) in [6.07, 6.45) is 6.35. The zero-order valence-electron chi connectivity index (χ0n) is 10.8. The van der Waals surface area contributed by atoms with Crippen LogP contribution >= 0.6 is 0 Å². The molecule has 16 heavy (non-hydrogen) atoms. The molecule has 1 fully saturated rings. The molecule has 0 aliphatic carbocycles. The Hall–Kier alpha value is -0.120. The average Bonchev–Trinajstić information content (AvgIpc) is 2.79. The van der Waals surface area contributed by atoms with Crippen molar-refractivity contribution in [2.24, 2.45) is 0 Å². The number of rotatable bonds is 9. The molecule has 3 nitrogen and oxygen atoms in total. The number of ether oxygens (including phenoxy) is 2. The lowest BCUT2D eigenvalue weighted by molar-refractivity contribution is 0.0404. The van der Waals surface area contributed by atoms with Gasteiger partial charge in [0, 0.05) is 19.3 Å². The van der Waals surface area contributed by atoms with E-state index in [-0.39, 0.29) is 0 Å². The Morgan fingerprint density at radius 1 is 1.44 bits per heavy atom. The number of hydrogen-bond acceptors (Lipinski definition) is 3. The lowest BCUT2D eigenvalue weighted by Crippen LogP contribution is -2.26. The van der Waals surface area contributed by atoms with Crippen LogP contribution in [0.25, 0.3) is 0 Å². The predicted octanol–water partition coefficient (Wildman–Crippen LogP) is 2.35. The fraction of sp³-hybridized carbons (Fsp3) is 1.00. The molecule has 0 saturated carbocycles. The molecular formula is C13H27NO2. The van der Waals surface area contributed by atoms with E-state index in [9.17, 15) is 0 Å². The van der Waals surface area contributed by atoms with Gasteiger partial charge in [-0.05, 0) is 45.6 Å². The maximum atomic E-state index is 5.72. The van der Waals surface area contributed by atoms with Crippen molar-refractivity contribution < 1.29 is 9.47 Å². The van der Waals surface area contributed by atoms with Crippen molar-refractivity contribution in [2.75, 3.05) is 26.4 Å². The number of hydrogen-bond donors (Lipinski definition) is 1. The zero-order chi connectivity index (χ0) is 11.6. The minimum atomic E-state index is 0.371. The van der Waals surface area contributed by atoms with Crippen LogP contribution in [0.2, 0.25) is 0 Å². The van der Waals surface area contributed by atoms with Crippen molar-refractivity contribution in [2.45, 2.75) is 58.1 Å². The number of nitrogens with one attached hydrogen (secondary N) is 1. The minimum Gasteiger partial charge on any atom is -0.379 e. The Morgan fingerprint density at radius 2 is 2.31 bits per heavy atom. The monoisotopic (exact) mass is 229 g/mol. The van der Waals surface area contributed by atoms with Crippen molar-refractivity contribution >= 4 is 0 Å². The van der Waals surface area contributed by atoms with Gasteiger partial charge in [0.05, 0.1) is 12.7 Å². The predicted molar refractivity (Wildman–Crippen MR) is 66.8 cm³/mol. The van der Waals surface area contributed by atoms with E-state index in [4.69, 9.17) is 9.47 Å². The highest BCUT2D eigenvalue weighted by Crippen LogP contribution is 2.09. The van der Waals surface area contributed by atoms with Crippen LogP contribution in [0.3, 0.4) is 0 Å². The van der Waals surface area contributed by atoms with Crippen LogP contribution in [-0.2, 0) is 9.47 Å². The molecule has 0 aromatic rings. The highest BCUT2D eigenvalue weighted by atomic mass is 16.5. The van der Waals surface area contributed by atoms with Crippen LogP contribution in [0, 0.1) is 0 Å². The van der Waals surface area contributed by atoms with Gasteiger partial charge in [0.2, 0.25) is 0 Å². The third kappa shape index (κ3) is 6.46. The van der Waals surface area contributed by atoms with E-state index in [2.05, 4.69) is 19.2 Å². The Bertz CT molecular complexity index is 158. The van der Waals surface area contributed by atoms with Gasteiger partial charge in [0.15, 0.2) is 0 Å². The second-order valence-electron chi connectivity index (χ2n) is 4.71. The van der Waals surface area contributed by atoms with E-state index in [1.807, 2.05) is 0 Å². The van der Waals surface area contributed by atoms with Crippen molar-refractivity contribution in [3.8, 4) is 0 Å². The first-order valence-corrected chi connectivity index (χ1v) is 6.75. The van der Waals surface area contributed by atoms with Crippen molar-refractivity contribution in [1.29, 1.82) is 0 Å². The standard InChI is InChI=1S/C13H27NO2/c1-3-8-14-12(2)6-4-5-9-16-13-7-10-15-11-13/h12-14H,3-11H2,1-2H3. The number of unbranched alkanes of at least 4 members (excludes halogenated alkanes) is 1. The summed E-state index contributed by atoms with van der Waals surface area (Å²) in [5.41, 5.74) is 0. The van der Waals surface area contributed by atoms with Gasteiger partial charge in [0.1, 0.15) is 0 Å². The van der Waals surface area contributed by atoms with Gasteiger partial charge in [-0.15, -0.1) is 0 Å². The summed E-state index contributed by atoms with van der Waals surface area (Å²) in [6, 6.07) is 0.648. The molecule has 0 aromatic carbocycles. The highest BCUT2D eigenvalue weighted by Gasteiger charge is 2.15. The molecule has 0 aromatic heterocycles. The molecule has 1 aliphatic heterocycles. The van der Waals surface area contributed by atoms with Crippen LogP contribution in [0.15, 0.2) is 0 Å². The topological polar surface area (TPSA) is 30.5 Å². The molecule has 0 radical (unpaired) electrons. The summed E-state index contributed by atoms with van der Waals surface area (Å²) in [7, 11) is 0. The van der Waals surface area contributed by atoms with E-state index in [0.29, 0.717) is 12.1 Å². The van der Waals surface area contributed by atoms with Crippen LogP contribution in [0.1, 0.15) is 46.0 Å². The summed E-state index contributed by atoms with van der Waals surface area (Å²) in [6.45, 7) is 8.18. The van der Waals surface area contributed by atoms with E-state index in [1.54, 1.807) is 0 Å². The lowest BCUT2D eigenvalue weighted by Gasteiger charge is -2.13. The normalized spacial score (nSPS) is 22.5. The van der Waals surface area contributed by atoms with Gasteiger partial charge < -0.3 is 14.8 Å². The molecule has 96 valence electrons. The van der Waals surface area contributed by atoms with E-state index < -0.39 is 0 Å². The Balaban J connectivity index is 1.83. The van der Waals surface area contributed by atoms with E-state index >= 15 is 0 Å². The lowest BCUT2D eigenvalue weighted by atomic mass is 10.1. The molecule has 0 bridgehead atoms. The molecule has 1 heterocycles. The first-order valence-electron chi connectivity index (χ1n) is 6.75. The molecular weight excluding hydrogens is 202 g/mol. The third-order valence-electron chi connectivity index (χ3n) is 3.02. The van der Waals surface area contributed by atoms with Gasteiger partial charge in [-0.25, -0.2) is 0 Å². The molecule has 1 aliphatic rings. The minimum absolute atomic E-state index is 0.371. The first kappa shape index (κ1) is 13.9. The van der Waals surface area contributed by atoms with Crippen LogP contribution in [0.5, 0.6) is 0 Å². The van der Waals surface area contributed by atoms with Crippen molar-refractivity contribution in [3.63, 3.8) is 0 Å². The molecule has 0 amide bonds. The van der Waals surface area contributed by atoms with E-state index in [0.717, 1.165) is 32.8 Å². The summed E-state index contributed by atoms with van der Waals surface area (Å²) < 4.78 is 11.0. The quantitative estimate of drug-likeness (QED) is 0.616. The second-order valence-corrected chi connectivity index (χ2v) is 4.71. The fourth-order valence-electron chi connectivity index (χ4n) is 1.94. The molecule has 3 heteroatoms. The van der Waals surface area contributed by atoms with Crippen LogP contribution < -0.4 is 5.32 Å². The molecule has 1 rings (SSSR count). The maximum absolute atomic E-state index is 5.72. The van der Waals surface area contributed by atoms with Gasteiger partial charge >= 0.3 is 0 Å². The summed E-state index contributed by atoms with van der Waals surface area (Å²) >= 11 is 0. The van der Waals surface area contributed by atoms with Crippen LogP contribution in [0.4, 0.5) is 0 Å². The zero-order valence-corrected chi connectivity index (χ0v) is 10.8. The average molecular weight is 229 g/mol. The molecule has 1 N–H and O–H groups in total. The second kappa shape index (κ2) is 8.97. The third-order valence-corrected chi connectivity index (χ3v) is 3.02. The van der Waals surface area contributed by atoms with Gasteiger partial charge in [0.25, 0.3) is 0 Å². The van der Waals surface area contributed by atoms with Gasteiger partial charge in [-0.1, -0.05) is 6.92 Å². The molecule has 2 unspecified atom stereocenters. The SMILES string of the molecule is CCCNC(C)CCCCOC1CCOC1. The molecule has 0 spiro atoms. The first-order chi connectivity index (χ1) is 7.83. The van der Waals surface area contributed by atoms with Crippen molar-refractivity contribution in [1.82, 2.24) is 5.32 Å². The van der Waals surface area contributed by atoms with Crippen molar-refractivity contribution in [3.05, 3.63) is 0 Å². The Morgan fingerprint density at radius 3 is 3.00 bits per heavy atom. The van der Waals surface area contributed by atoms with Gasteiger partial charge in [-0.3, -0.25) is 0 Å². The van der Waals surface area contributed by atoms with Crippen LogP contribution in [-0.4, -0.2) is 38.5 Å².